The Bertz CT molecular complexity index is 1120. The molecule has 2 atom stereocenters. The third-order valence-corrected chi connectivity index (χ3v) is 4.94. The van der Waals surface area contributed by atoms with Gasteiger partial charge >= 0.3 is 0 Å². The summed E-state index contributed by atoms with van der Waals surface area (Å²) >= 11 is 0. The SMILES string of the molecule is C.COC(c1cccc(C)c1)c1cn(C)cn1.Cc1cccc(C(O)c2cn(C)cn2)c1. The van der Waals surface area contributed by atoms with Crippen LogP contribution in [0.25, 0.3) is 0 Å². The Balaban J connectivity index is 0.000000220. The number of hydrogen-bond donors (Lipinski definition) is 1. The van der Waals surface area contributed by atoms with E-state index in [9.17, 15) is 5.11 Å². The Hall–Kier alpha value is -3.22. The quantitative estimate of drug-likeness (QED) is 0.485. The Labute approximate surface area is 191 Å². The predicted octanol–water partition coefficient (Wildman–Crippen LogP) is 4.91. The van der Waals surface area contributed by atoms with Gasteiger partial charge < -0.3 is 19.0 Å². The highest BCUT2D eigenvalue weighted by Gasteiger charge is 2.15. The summed E-state index contributed by atoms with van der Waals surface area (Å²) in [5.74, 6) is 0. The van der Waals surface area contributed by atoms with Crippen LogP contribution in [0, 0.1) is 13.8 Å². The maximum atomic E-state index is 10.1. The smallest absolute Gasteiger partial charge is 0.126 e. The molecule has 6 nitrogen and oxygen atoms in total. The number of methoxy groups -OCH3 is 1. The standard InChI is InChI=1S/C13H16N2O.C12H14N2O.CH4/c1-10-5-4-6-11(7-10)13(16-3)12-8-15(2)9-14-12;1-9-4-3-5-10(6-9)12(15)11-7-14(2)8-13-11;/h4-9,13H,1-3H3;3-8,12,15H,1-2H3;1H4. The fourth-order valence-corrected chi connectivity index (χ4v) is 3.41. The molecule has 0 aliphatic heterocycles. The fourth-order valence-electron chi connectivity index (χ4n) is 3.41. The summed E-state index contributed by atoms with van der Waals surface area (Å²) in [6.07, 6.45) is 6.57. The van der Waals surface area contributed by atoms with Crippen molar-refractivity contribution in [1.29, 1.82) is 0 Å². The molecule has 4 aromatic rings. The molecule has 4 rings (SSSR count). The number of imidazole rings is 2. The zero-order valence-corrected chi connectivity index (χ0v) is 18.7. The highest BCUT2D eigenvalue weighted by atomic mass is 16.5. The molecule has 0 aliphatic carbocycles. The second kappa shape index (κ2) is 11.4. The van der Waals surface area contributed by atoms with Gasteiger partial charge in [0, 0.05) is 33.6 Å². The van der Waals surface area contributed by atoms with E-state index in [4.69, 9.17) is 4.74 Å². The van der Waals surface area contributed by atoms with Crippen molar-refractivity contribution >= 4 is 0 Å². The fraction of sp³-hybridized carbons (Fsp3) is 0.308. The van der Waals surface area contributed by atoms with Gasteiger partial charge in [0.05, 0.1) is 24.0 Å². The van der Waals surface area contributed by atoms with E-state index in [1.807, 2.05) is 72.9 Å². The number of hydrogen-bond acceptors (Lipinski definition) is 4. The summed E-state index contributed by atoms with van der Waals surface area (Å²) in [5.41, 5.74) is 6.02. The highest BCUT2D eigenvalue weighted by Crippen LogP contribution is 2.24. The van der Waals surface area contributed by atoms with Crippen LogP contribution in [0.2, 0.25) is 0 Å². The lowest BCUT2D eigenvalue weighted by Gasteiger charge is -2.13. The predicted molar refractivity (Wildman–Crippen MR) is 128 cm³/mol. The van der Waals surface area contributed by atoms with Gasteiger partial charge in [0.15, 0.2) is 0 Å². The van der Waals surface area contributed by atoms with E-state index < -0.39 is 6.10 Å². The van der Waals surface area contributed by atoms with Crippen LogP contribution < -0.4 is 0 Å². The van der Waals surface area contributed by atoms with Gasteiger partial charge in [0.2, 0.25) is 0 Å². The molecule has 0 bridgehead atoms. The molecule has 0 aliphatic rings. The van der Waals surface area contributed by atoms with Gasteiger partial charge in [0.1, 0.15) is 12.2 Å². The van der Waals surface area contributed by atoms with Gasteiger partial charge in [-0.3, -0.25) is 0 Å². The minimum Gasteiger partial charge on any atom is -0.382 e. The largest absolute Gasteiger partial charge is 0.382 e. The Morgan fingerprint density at radius 3 is 1.78 bits per heavy atom. The van der Waals surface area contributed by atoms with Gasteiger partial charge in [-0.2, -0.15) is 0 Å². The van der Waals surface area contributed by atoms with E-state index >= 15 is 0 Å². The van der Waals surface area contributed by atoms with Crippen molar-refractivity contribution < 1.29 is 9.84 Å². The molecular formula is C26H34N4O2. The molecule has 0 fully saturated rings. The van der Waals surface area contributed by atoms with E-state index in [2.05, 4.69) is 35.1 Å². The first-order valence-electron chi connectivity index (χ1n) is 10.2. The number of aliphatic hydroxyl groups is 1. The first kappa shape index (κ1) is 25.0. The van der Waals surface area contributed by atoms with E-state index in [0.29, 0.717) is 5.69 Å². The van der Waals surface area contributed by atoms with Crippen molar-refractivity contribution in [3.05, 3.63) is 107 Å². The molecule has 1 N–H and O–H groups in total. The molecule has 0 saturated carbocycles. The van der Waals surface area contributed by atoms with E-state index in [1.54, 1.807) is 19.8 Å². The first-order valence-corrected chi connectivity index (χ1v) is 10.2. The van der Waals surface area contributed by atoms with Crippen LogP contribution in [0.15, 0.2) is 73.6 Å². The number of nitrogens with zero attached hydrogens (tertiary/aromatic N) is 4. The minimum absolute atomic E-state index is 0. The van der Waals surface area contributed by atoms with Crippen LogP contribution in [0.3, 0.4) is 0 Å². The second-order valence-electron chi connectivity index (χ2n) is 7.77. The first-order chi connectivity index (χ1) is 14.9. The van der Waals surface area contributed by atoms with Crippen molar-refractivity contribution in [2.24, 2.45) is 14.1 Å². The molecule has 0 amide bonds. The lowest BCUT2D eigenvalue weighted by atomic mass is 10.0. The highest BCUT2D eigenvalue weighted by molar-refractivity contribution is 5.29. The molecule has 2 aromatic heterocycles. The van der Waals surface area contributed by atoms with Crippen molar-refractivity contribution in [1.82, 2.24) is 19.1 Å². The monoisotopic (exact) mass is 434 g/mol. The van der Waals surface area contributed by atoms with Crippen molar-refractivity contribution in [2.45, 2.75) is 33.5 Å². The molecule has 0 spiro atoms. The van der Waals surface area contributed by atoms with Gasteiger partial charge in [-0.25, -0.2) is 9.97 Å². The summed E-state index contributed by atoms with van der Waals surface area (Å²) in [6.45, 7) is 4.09. The number of ether oxygens (including phenoxy) is 1. The van der Waals surface area contributed by atoms with Gasteiger partial charge in [-0.1, -0.05) is 67.1 Å². The van der Waals surface area contributed by atoms with Crippen LogP contribution >= 0.6 is 0 Å². The van der Waals surface area contributed by atoms with Gasteiger partial charge in [-0.15, -0.1) is 0 Å². The lowest BCUT2D eigenvalue weighted by Crippen LogP contribution is -2.04. The summed E-state index contributed by atoms with van der Waals surface area (Å²) < 4.78 is 9.27. The van der Waals surface area contributed by atoms with Gasteiger partial charge in [0.25, 0.3) is 0 Å². The van der Waals surface area contributed by atoms with Crippen LogP contribution in [0.1, 0.15) is 53.3 Å². The molecule has 170 valence electrons. The average Bonchev–Trinajstić information content (AvgIpc) is 3.37. The van der Waals surface area contributed by atoms with Crippen molar-refractivity contribution in [3.8, 4) is 0 Å². The number of aryl methyl sites for hydroxylation is 4. The van der Waals surface area contributed by atoms with Crippen LogP contribution in [-0.4, -0.2) is 31.3 Å². The van der Waals surface area contributed by atoms with Crippen LogP contribution in [0.4, 0.5) is 0 Å². The lowest BCUT2D eigenvalue weighted by molar-refractivity contribution is 0.133. The minimum atomic E-state index is -0.633. The molecule has 2 aromatic carbocycles. The number of aromatic nitrogens is 4. The Morgan fingerprint density at radius 1 is 0.812 bits per heavy atom. The van der Waals surface area contributed by atoms with E-state index in [1.165, 1.54) is 5.56 Å². The maximum Gasteiger partial charge on any atom is 0.126 e. The number of benzene rings is 2. The zero-order chi connectivity index (χ0) is 22.4. The molecular weight excluding hydrogens is 400 g/mol. The maximum absolute atomic E-state index is 10.1. The molecule has 2 heterocycles. The Morgan fingerprint density at radius 2 is 1.31 bits per heavy atom. The van der Waals surface area contributed by atoms with Crippen LogP contribution in [-0.2, 0) is 18.8 Å². The molecule has 2 unspecified atom stereocenters. The third-order valence-electron chi connectivity index (χ3n) is 4.94. The van der Waals surface area contributed by atoms with Gasteiger partial charge in [-0.05, 0) is 25.0 Å². The summed E-state index contributed by atoms with van der Waals surface area (Å²) in [5, 5.41) is 10.1. The topological polar surface area (TPSA) is 65.1 Å². The summed E-state index contributed by atoms with van der Waals surface area (Å²) in [7, 11) is 5.56. The average molecular weight is 435 g/mol. The van der Waals surface area contributed by atoms with E-state index in [-0.39, 0.29) is 13.5 Å². The van der Waals surface area contributed by atoms with Crippen LogP contribution in [0.5, 0.6) is 0 Å². The summed E-state index contributed by atoms with van der Waals surface area (Å²) in [6, 6.07) is 16.1. The zero-order valence-electron chi connectivity index (χ0n) is 18.7. The number of aliphatic hydroxyl groups excluding tert-OH is 1. The molecule has 32 heavy (non-hydrogen) atoms. The molecule has 0 saturated heterocycles. The van der Waals surface area contributed by atoms with Crippen molar-refractivity contribution in [2.75, 3.05) is 7.11 Å². The second-order valence-corrected chi connectivity index (χ2v) is 7.77. The molecule has 0 radical (unpaired) electrons. The third kappa shape index (κ3) is 6.39. The number of rotatable bonds is 5. The molecule has 6 heteroatoms. The summed E-state index contributed by atoms with van der Waals surface area (Å²) in [4.78, 5) is 8.47. The Kier molecular flexibility index (Phi) is 8.93. The van der Waals surface area contributed by atoms with E-state index in [0.717, 1.165) is 22.4 Å². The normalized spacial score (nSPS) is 12.3. The van der Waals surface area contributed by atoms with Crippen molar-refractivity contribution in [3.63, 3.8) is 0 Å².